The number of nitrogens with one attached hydrogen (secondary N) is 2. The fourth-order valence-corrected chi connectivity index (χ4v) is 7.16. The van der Waals surface area contributed by atoms with Gasteiger partial charge in [0.15, 0.2) is 0 Å². The Morgan fingerprint density at radius 1 is 1.06 bits per heavy atom. The molecule has 1 aromatic carbocycles. The zero-order chi connectivity index (χ0) is 25.5. The van der Waals surface area contributed by atoms with E-state index in [0.717, 1.165) is 42.6 Å². The first-order chi connectivity index (χ1) is 17.5. The van der Waals surface area contributed by atoms with Crippen LogP contribution in [0.25, 0.3) is 0 Å². The molecule has 9 heteroatoms. The van der Waals surface area contributed by atoms with E-state index in [1.807, 2.05) is 42.6 Å². The number of aryl methyl sites for hydroxylation is 1. The Balaban J connectivity index is 1.49. The summed E-state index contributed by atoms with van der Waals surface area (Å²) in [6.07, 6.45) is 6.84. The third-order valence-electron chi connectivity index (χ3n) is 6.08. The minimum atomic E-state index is -0.391. The SMILES string of the molecule is CCC(Sc1cccc(NC(=O)c2cccs2)c1)C(=O)Nc1sc2c(c1C(=O)OC)CCCCCC2. The number of anilines is 2. The van der Waals surface area contributed by atoms with Gasteiger partial charge in [-0.3, -0.25) is 9.59 Å². The molecule has 6 nitrogen and oxygen atoms in total. The van der Waals surface area contributed by atoms with Crippen molar-refractivity contribution in [2.75, 3.05) is 17.7 Å². The van der Waals surface area contributed by atoms with E-state index >= 15 is 0 Å². The van der Waals surface area contributed by atoms with Gasteiger partial charge in [0.25, 0.3) is 5.91 Å². The molecule has 0 saturated carbocycles. The van der Waals surface area contributed by atoms with Crippen LogP contribution >= 0.6 is 34.4 Å². The quantitative estimate of drug-likeness (QED) is 0.236. The first-order valence-corrected chi connectivity index (χ1v) is 14.7. The van der Waals surface area contributed by atoms with Gasteiger partial charge in [-0.25, -0.2) is 4.79 Å². The number of carbonyl (C=O) groups excluding carboxylic acids is 3. The van der Waals surface area contributed by atoms with Gasteiger partial charge in [-0.15, -0.1) is 34.4 Å². The second kappa shape index (κ2) is 12.6. The lowest BCUT2D eigenvalue weighted by atomic mass is 9.96. The van der Waals surface area contributed by atoms with E-state index in [2.05, 4.69) is 10.6 Å². The van der Waals surface area contributed by atoms with Crippen LogP contribution in [-0.2, 0) is 22.4 Å². The molecule has 2 N–H and O–H groups in total. The number of ether oxygens (including phenoxy) is 1. The molecular weight excluding hydrogens is 513 g/mol. The third-order valence-corrected chi connectivity index (χ3v) is 9.51. The molecule has 36 heavy (non-hydrogen) atoms. The number of thioether (sulfide) groups is 1. The summed E-state index contributed by atoms with van der Waals surface area (Å²) in [4.78, 5) is 41.1. The molecule has 2 amide bonds. The predicted molar refractivity (Wildman–Crippen MR) is 149 cm³/mol. The Bertz CT molecular complexity index is 1220. The number of esters is 1. The van der Waals surface area contributed by atoms with Gasteiger partial charge < -0.3 is 15.4 Å². The maximum Gasteiger partial charge on any atom is 0.341 e. The van der Waals surface area contributed by atoms with E-state index in [1.165, 1.54) is 52.8 Å². The molecule has 3 aromatic rings. The van der Waals surface area contributed by atoms with Crippen LogP contribution in [0.1, 0.15) is 69.5 Å². The molecule has 2 heterocycles. The average Bonchev–Trinajstić information content (AvgIpc) is 3.51. The summed E-state index contributed by atoms with van der Waals surface area (Å²) in [5.41, 5.74) is 2.24. The van der Waals surface area contributed by atoms with Crippen molar-refractivity contribution >= 4 is 62.9 Å². The molecule has 4 rings (SSSR count). The van der Waals surface area contributed by atoms with Gasteiger partial charge in [0.05, 0.1) is 22.8 Å². The topological polar surface area (TPSA) is 84.5 Å². The van der Waals surface area contributed by atoms with Gasteiger partial charge in [-0.05, 0) is 67.3 Å². The van der Waals surface area contributed by atoms with Gasteiger partial charge >= 0.3 is 5.97 Å². The Morgan fingerprint density at radius 3 is 2.58 bits per heavy atom. The van der Waals surface area contributed by atoms with Crippen LogP contribution in [0.15, 0.2) is 46.7 Å². The number of thiophene rings is 2. The second-order valence-electron chi connectivity index (χ2n) is 8.58. The number of rotatable bonds is 8. The summed E-state index contributed by atoms with van der Waals surface area (Å²) >= 11 is 4.34. The van der Waals surface area contributed by atoms with Crippen LogP contribution in [0.4, 0.5) is 10.7 Å². The van der Waals surface area contributed by atoms with Crippen molar-refractivity contribution in [1.82, 2.24) is 0 Å². The van der Waals surface area contributed by atoms with Crippen molar-refractivity contribution in [2.24, 2.45) is 0 Å². The standard InChI is InChI=1S/C27H30N2O4S3/c1-3-20(35-18-11-8-10-17(16-18)28-25(31)22-14-9-15-34-22)24(30)29-26-23(27(32)33-2)19-12-6-4-5-7-13-21(19)36-26/h8-11,14-16,20H,3-7,12-13H2,1-2H3,(H,28,31)(H,29,30). The van der Waals surface area contributed by atoms with Gasteiger partial charge in [0.2, 0.25) is 5.91 Å². The Kier molecular flexibility index (Phi) is 9.23. The number of methoxy groups -OCH3 is 1. The molecule has 1 atom stereocenters. The van der Waals surface area contributed by atoms with Crippen LogP contribution in [-0.4, -0.2) is 30.1 Å². The summed E-state index contributed by atoms with van der Waals surface area (Å²) in [6, 6.07) is 11.1. The average molecular weight is 543 g/mol. The second-order valence-corrected chi connectivity index (χ2v) is 11.9. The highest BCUT2D eigenvalue weighted by Gasteiger charge is 2.28. The van der Waals surface area contributed by atoms with Crippen molar-refractivity contribution < 1.29 is 19.1 Å². The summed E-state index contributed by atoms with van der Waals surface area (Å²) in [5.74, 6) is -0.686. The van der Waals surface area contributed by atoms with Crippen molar-refractivity contribution in [2.45, 2.75) is 62.0 Å². The predicted octanol–water partition coefficient (Wildman–Crippen LogP) is 7.02. The summed E-state index contributed by atoms with van der Waals surface area (Å²) in [6.45, 7) is 1.97. The number of carbonyl (C=O) groups is 3. The van der Waals surface area contributed by atoms with E-state index in [4.69, 9.17) is 4.74 Å². The molecule has 0 aliphatic heterocycles. The first kappa shape index (κ1) is 26.4. The molecule has 0 radical (unpaired) electrons. The molecular formula is C27H30N2O4S3. The maximum absolute atomic E-state index is 13.3. The molecule has 1 aliphatic carbocycles. The molecule has 190 valence electrons. The number of hydrogen-bond donors (Lipinski definition) is 2. The molecule has 1 aliphatic rings. The third kappa shape index (κ3) is 6.38. The van der Waals surface area contributed by atoms with Crippen LogP contribution < -0.4 is 10.6 Å². The highest BCUT2D eigenvalue weighted by Crippen LogP contribution is 2.38. The van der Waals surface area contributed by atoms with E-state index in [9.17, 15) is 14.4 Å². The van der Waals surface area contributed by atoms with E-state index in [-0.39, 0.29) is 17.1 Å². The van der Waals surface area contributed by atoms with Crippen LogP contribution in [0.5, 0.6) is 0 Å². The van der Waals surface area contributed by atoms with Crippen LogP contribution in [0.2, 0.25) is 0 Å². The Hall–Kier alpha value is -2.62. The van der Waals surface area contributed by atoms with Crippen molar-refractivity contribution in [3.8, 4) is 0 Å². The van der Waals surface area contributed by atoms with Gasteiger partial charge in [0, 0.05) is 15.5 Å². The molecule has 0 bridgehead atoms. The normalized spacial score (nSPS) is 14.2. The largest absolute Gasteiger partial charge is 0.465 e. The summed E-state index contributed by atoms with van der Waals surface area (Å²) < 4.78 is 5.09. The molecule has 1 unspecified atom stereocenters. The number of amides is 2. The molecule has 0 saturated heterocycles. The van der Waals surface area contributed by atoms with Crippen LogP contribution in [0.3, 0.4) is 0 Å². The highest BCUT2D eigenvalue weighted by molar-refractivity contribution is 8.00. The fraction of sp³-hybridized carbons (Fsp3) is 0.370. The van der Waals surface area contributed by atoms with Crippen LogP contribution in [0, 0.1) is 0 Å². The van der Waals surface area contributed by atoms with Gasteiger partial charge in [-0.2, -0.15) is 0 Å². The fourth-order valence-electron chi connectivity index (χ4n) is 4.25. The lowest BCUT2D eigenvalue weighted by Crippen LogP contribution is -2.25. The minimum absolute atomic E-state index is 0.144. The molecule has 2 aromatic heterocycles. The lowest BCUT2D eigenvalue weighted by molar-refractivity contribution is -0.115. The van der Waals surface area contributed by atoms with Crippen molar-refractivity contribution in [3.63, 3.8) is 0 Å². The molecule has 0 fully saturated rings. The number of benzene rings is 1. The van der Waals surface area contributed by atoms with Crippen molar-refractivity contribution in [3.05, 3.63) is 62.7 Å². The maximum atomic E-state index is 13.3. The number of fused-ring (bicyclic) bond motifs is 1. The Labute approximate surface area is 223 Å². The van der Waals surface area contributed by atoms with E-state index in [0.29, 0.717) is 27.5 Å². The van der Waals surface area contributed by atoms with Gasteiger partial charge in [0.1, 0.15) is 5.00 Å². The zero-order valence-corrected chi connectivity index (χ0v) is 22.9. The van der Waals surface area contributed by atoms with E-state index in [1.54, 1.807) is 6.07 Å². The van der Waals surface area contributed by atoms with Crippen molar-refractivity contribution in [1.29, 1.82) is 0 Å². The Morgan fingerprint density at radius 2 is 1.86 bits per heavy atom. The monoisotopic (exact) mass is 542 g/mol. The zero-order valence-electron chi connectivity index (χ0n) is 20.4. The van der Waals surface area contributed by atoms with Gasteiger partial charge in [-0.1, -0.05) is 31.9 Å². The lowest BCUT2D eigenvalue weighted by Gasteiger charge is -2.15. The number of hydrogen-bond acceptors (Lipinski definition) is 7. The minimum Gasteiger partial charge on any atom is -0.465 e. The summed E-state index contributed by atoms with van der Waals surface area (Å²) in [7, 11) is 1.38. The van der Waals surface area contributed by atoms with E-state index < -0.39 is 5.97 Å². The highest BCUT2D eigenvalue weighted by atomic mass is 32.2. The smallest absolute Gasteiger partial charge is 0.341 e. The molecule has 0 spiro atoms. The first-order valence-electron chi connectivity index (χ1n) is 12.2. The summed E-state index contributed by atoms with van der Waals surface area (Å²) in [5, 5.41) is 8.07.